The van der Waals surface area contributed by atoms with Crippen LogP contribution >= 0.6 is 23.1 Å². The zero-order valence-electron chi connectivity index (χ0n) is 13.2. The molecular formula is C14H16N4O4S2. The zero-order valence-corrected chi connectivity index (χ0v) is 14.9. The highest BCUT2D eigenvalue weighted by molar-refractivity contribution is 8.02. The van der Waals surface area contributed by atoms with Crippen LogP contribution in [0.15, 0.2) is 28.6 Å². The SMILES string of the molecule is COC(=O)[C@@H](C)Sc1nnc(NC(=O)Nc2ccc(OC)cc2)s1. The molecule has 128 valence electrons. The van der Waals surface area contributed by atoms with Crippen molar-refractivity contribution in [1.29, 1.82) is 0 Å². The second-order valence-electron chi connectivity index (χ2n) is 4.46. The fraction of sp³-hybridized carbons (Fsp3) is 0.286. The van der Waals surface area contributed by atoms with E-state index in [1.807, 2.05) is 0 Å². The molecule has 0 saturated carbocycles. The molecule has 2 amide bonds. The summed E-state index contributed by atoms with van der Waals surface area (Å²) in [5.74, 6) is 0.355. The van der Waals surface area contributed by atoms with E-state index >= 15 is 0 Å². The summed E-state index contributed by atoms with van der Waals surface area (Å²) in [6.07, 6.45) is 0. The fourth-order valence-corrected chi connectivity index (χ4v) is 3.52. The van der Waals surface area contributed by atoms with Crippen LogP contribution in [0.5, 0.6) is 5.75 Å². The number of methoxy groups -OCH3 is 2. The van der Waals surface area contributed by atoms with Crippen LogP contribution < -0.4 is 15.4 Å². The van der Waals surface area contributed by atoms with Crippen molar-refractivity contribution >= 4 is 45.9 Å². The number of nitrogens with zero attached hydrogens (tertiary/aromatic N) is 2. The van der Waals surface area contributed by atoms with Crippen molar-refractivity contribution in [3.8, 4) is 5.75 Å². The van der Waals surface area contributed by atoms with Gasteiger partial charge in [0.05, 0.1) is 14.2 Å². The number of aromatic nitrogens is 2. The number of nitrogens with one attached hydrogen (secondary N) is 2. The van der Waals surface area contributed by atoms with Gasteiger partial charge in [-0.15, -0.1) is 10.2 Å². The van der Waals surface area contributed by atoms with Crippen LogP contribution in [0.3, 0.4) is 0 Å². The third kappa shape index (κ3) is 5.10. The summed E-state index contributed by atoms with van der Waals surface area (Å²) in [6, 6.07) is 6.48. The van der Waals surface area contributed by atoms with Gasteiger partial charge < -0.3 is 14.8 Å². The predicted molar refractivity (Wildman–Crippen MR) is 92.9 cm³/mol. The Hall–Kier alpha value is -2.33. The van der Waals surface area contributed by atoms with E-state index in [1.54, 1.807) is 38.3 Å². The molecule has 1 aromatic heterocycles. The van der Waals surface area contributed by atoms with Crippen molar-refractivity contribution in [1.82, 2.24) is 10.2 Å². The van der Waals surface area contributed by atoms with Gasteiger partial charge in [0, 0.05) is 5.69 Å². The molecule has 0 fully saturated rings. The number of amides is 2. The molecule has 24 heavy (non-hydrogen) atoms. The third-order valence-electron chi connectivity index (χ3n) is 2.79. The summed E-state index contributed by atoms with van der Waals surface area (Å²) in [4.78, 5) is 23.3. The van der Waals surface area contributed by atoms with Gasteiger partial charge in [-0.25, -0.2) is 4.79 Å². The Morgan fingerprint density at radius 3 is 2.50 bits per heavy atom. The molecule has 8 nitrogen and oxygen atoms in total. The molecule has 2 aromatic rings. The minimum absolute atomic E-state index is 0.334. The second-order valence-corrected chi connectivity index (χ2v) is 7.03. The van der Waals surface area contributed by atoms with Crippen LogP contribution in [0.4, 0.5) is 15.6 Å². The maximum Gasteiger partial charge on any atom is 0.325 e. The molecule has 0 aliphatic heterocycles. The molecule has 1 atom stereocenters. The van der Waals surface area contributed by atoms with E-state index in [-0.39, 0.29) is 5.97 Å². The summed E-state index contributed by atoms with van der Waals surface area (Å²) in [6.45, 7) is 1.71. The van der Waals surface area contributed by atoms with Gasteiger partial charge in [-0.3, -0.25) is 10.1 Å². The number of carbonyl (C=O) groups is 2. The highest BCUT2D eigenvalue weighted by Crippen LogP contribution is 2.29. The number of hydrogen-bond donors (Lipinski definition) is 2. The average Bonchev–Trinajstić information content (AvgIpc) is 3.01. The van der Waals surface area contributed by atoms with Gasteiger partial charge in [0.25, 0.3) is 0 Å². The molecule has 0 aliphatic carbocycles. The number of esters is 1. The highest BCUT2D eigenvalue weighted by Gasteiger charge is 2.18. The molecule has 2 N–H and O–H groups in total. The second kappa shape index (κ2) is 8.50. The number of carbonyl (C=O) groups excluding carboxylic acids is 2. The van der Waals surface area contributed by atoms with Gasteiger partial charge in [-0.05, 0) is 31.2 Å². The minimum Gasteiger partial charge on any atom is -0.497 e. The molecule has 0 saturated heterocycles. The maximum atomic E-state index is 11.9. The van der Waals surface area contributed by atoms with Crippen LogP contribution in [0.25, 0.3) is 0 Å². The Kier molecular flexibility index (Phi) is 6.38. The van der Waals surface area contributed by atoms with E-state index in [0.29, 0.717) is 20.9 Å². The van der Waals surface area contributed by atoms with E-state index in [1.165, 1.54) is 30.2 Å². The Labute approximate surface area is 146 Å². The Morgan fingerprint density at radius 1 is 1.17 bits per heavy atom. The number of rotatable bonds is 6. The lowest BCUT2D eigenvalue weighted by Crippen LogP contribution is -2.19. The molecule has 0 bridgehead atoms. The lowest BCUT2D eigenvalue weighted by atomic mass is 10.3. The van der Waals surface area contributed by atoms with E-state index < -0.39 is 11.3 Å². The first-order chi connectivity index (χ1) is 11.5. The summed E-state index contributed by atoms with van der Waals surface area (Å²) in [5, 5.41) is 13.0. The largest absolute Gasteiger partial charge is 0.497 e. The molecule has 0 unspecified atom stereocenters. The molecule has 0 radical (unpaired) electrons. The molecule has 1 heterocycles. The lowest BCUT2D eigenvalue weighted by molar-refractivity contribution is -0.139. The number of hydrogen-bond acceptors (Lipinski definition) is 8. The third-order valence-corrected chi connectivity index (χ3v) is 4.79. The molecule has 0 aliphatic rings. The molecular weight excluding hydrogens is 352 g/mol. The van der Waals surface area contributed by atoms with Gasteiger partial charge in [0.1, 0.15) is 11.0 Å². The first-order valence-electron chi connectivity index (χ1n) is 6.82. The van der Waals surface area contributed by atoms with Crippen molar-refractivity contribution in [2.24, 2.45) is 0 Å². The van der Waals surface area contributed by atoms with E-state index in [2.05, 4.69) is 25.6 Å². The van der Waals surface area contributed by atoms with Crippen molar-refractivity contribution < 1.29 is 19.1 Å². The predicted octanol–water partition coefficient (Wildman–Crippen LogP) is 2.84. The summed E-state index contributed by atoms with van der Waals surface area (Å²) in [7, 11) is 2.90. The van der Waals surface area contributed by atoms with E-state index in [4.69, 9.17) is 4.74 Å². The van der Waals surface area contributed by atoms with Gasteiger partial charge in [0.2, 0.25) is 5.13 Å². The van der Waals surface area contributed by atoms with Crippen LogP contribution in [0, 0.1) is 0 Å². The quantitative estimate of drug-likeness (QED) is 0.459. The summed E-state index contributed by atoms with van der Waals surface area (Å²) < 4.78 is 10.3. The van der Waals surface area contributed by atoms with Crippen LogP contribution in [-0.4, -0.2) is 41.7 Å². The molecule has 0 spiro atoms. The van der Waals surface area contributed by atoms with Crippen LogP contribution in [0.2, 0.25) is 0 Å². The summed E-state index contributed by atoms with van der Waals surface area (Å²) >= 11 is 2.39. The minimum atomic E-state index is -0.436. The average molecular weight is 368 g/mol. The topological polar surface area (TPSA) is 102 Å². The Morgan fingerprint density at radius 2 is 1.88 bits per heavy atom. The normalized spacial score (nSPS) is 11.5. The first kappa shape index (κ1) is 18.0. The van der Waals surface area contributed by atoms with Gasteiger partial charge in [-0.1, -0.05) is 23.1 Å². The molecule has 2 rings (SSSR count). The number of benzene rings is 1. The fourth-order valence-electron chi connectivity index (χ4n) is 1.61. The van der Waals surface area contributed by atoms with Gasteiger partial charge in [-0.2, -0.15) is 0 Å². The smallest absolute Gasteiger partial charge is 0.325 e. The van der Waals surface area contributed by atoms with E-state index in [0.717, 1.165) is 0 Å². The summed E-state index contributed by atoms with van der Waals surface area (Å²) in [5.41, 5.74) is 0.617. The van der Waals surface area contributed by atoms with Gasteiger partial charge in [0.15, 0.2) is 4.34 Å². The number of ether oxygens (including phenoxy) is 2. The number of anilines is 2. The van der Waals surface area contributed by atoms with Crippen molar-refractivity contribution in [3.63, 3.8) is 0 Å². The van der Waals surface area contributed by atoms with Crippen LogP contribution in [0.1, 0.15) is 6.92 Å². The number of urea groups is 1. The molecule has 1 aromatic carbocycles. The van der Waals surface area contributed by atoms with Crippen molar-refractivity contribution in [2.75, 3.05) is 24.9 Å². The van der Waals surface area contributed by atoms with Crippen molar-refractivity contribution in [2.45, 2.75) is 16.5 Å². The lowest BCUT2D eigenvalue weighted by Gasteiger charge is -2.06. The zero-order chi connectivity index (χ0) is 17.5. The molecule has 10 heteroatoms. The number of thioether (sulfide) groups is 1. The van der Waals surface area contributed by atoms with Crippen molar-refractivity contribution in [3.05, 3.63) is 24.3 Å². The first-order valence-corrected chi connectivity index (χ1v) is 8.51. The Balaban J connectivity index is 1.88. The van der Waals surface area contributed by atoms with E-state index in [9.17, 15) is 9.59 Å². The standard InChI is InChI=1S/C14H16N4O4S2/c1-8(11(19)22-3)23-14-18-17-13(24-14)16-12(20)15-9-4-6-10(21-2)7-5-9/h4-8H,1-3H3,(H2,15,16,17,20)/t8-/m1/s1. The van der Waals surface area contributed by atoms with Crippen LogP contribution in [-0.2, 0) is 9.53 Å². The van der Waals surface area contributed by atoms with Gasteiger partial charge >= 0.3 is 12.0 Å². The monoisotopic (exact) mass is 368 g/mol. The highest BCUT2D eigenvalue weighted by atomic mass is 32.2. The maximum absolute atomic E-state index is 11.9. The Bertz CT molecular complexity index is 705.